The van der Waals surface area contributed by atoms with Gasteiger partial charge in [0.15, 0.2) is 0 Å². The van der Waals surface area contributed by atoms with Crippen molar-refractivity contribution in [2.75, 3.05) is 13.7 Å². The summed E-state index contributed by atoms with van der Waals surface area (Å²) in [5.74, 6) is -0.398. The minimum atomic E-state index is -3.82. The van der Waals surface area contributed by atoms with E-state index in [0.717, 1.165) is 19.3 Å². The lowest BCUT2D eigenvalue weighted by atomic mass is 10.00. The van der Waals surface area contributed by atoms with E-state index in [1.807, 2.05) is 0 Å². The van der Waals surface area contributed by atoms with Crippen molar-refractivity contribution < 1.29 is 22.4 Å². The average Bonchev–Trinajstić information content (AvgIpc) is 2.89. The summed E-state index contributed by atoms with van der Waals surface area (Å²) in [6.07, 6.45) is 2.45. The molecule has 1 aromatic rings. The molecule has 1 aromatic heterocycles. The molecule has 0 radical (unpaired) electrons. The van der Waals surface area contributed by atoms with Gasteiger partial charge in [0.2, 0.25) is 5.09 Å². The largest absolute Gasteiger partial charge is 0.465 e. The first-order valence-electron chi connectivity index (χ1n) is 7.25. The third kappa shape index (κ3) is 3.88. The molecule has 9 heteroatoms. The molecule has 2 unspecified atom stereocenters. The molecule has 0 amide bonds. The van der Waals surface area contributed by atoms with E-state index >= 15 is 0 Å². The van der Waals surface area contributed by atoms with Crippen LogP contribution >= 0.6 is 12.4 Å². The van der Waals surface area contributed by atoms with E-state index in [1.54, 1.807) is 6.92 Å². The topological polar surface area (TPSA) is 103 Å². The molecule has 2 atom stereocenters. The average molecular weight is 367 g/mol. The molecule has 1 aliphatic heterocycles. The van der Waals surface area contributed by atoms with Gasteiger partial charge in [-0.2, -0.15) is 4.31 Å². The summed E-state index contributed by atoms with van der Waals surface area (Å²) in [7, 11) is -2.58. The minimum absolute atomic E-state index is 0. The van der Waals surface area contributed by atoms with Crippen LogP contribution in [0.3, 0.4) is 0 Å². The lowest BCUT2D eigenvalue weighted by Crippen LogP contribution is -2.51. The van der Waals surface area contributed by atoms with Crippen molar-refractivity contribution in [3.05, 3.63) is 17.4 Å². The first-order chi connectivity index (χ1) is 10.3. The van der Waals surface area contributed by atoms with Crippen molar-refractivity contribution in [2.45, 2.75) is 50.3 Å². The summed E-state index contributed by atoms with van der Waals surface area (Å²) in [5, 5.41) is -0.238. The summed E-state index contributed by atoms with van der Waals surface area (Å²) >= 11 is 0. The fourth-order valence-corrected chi connectivity index (χ4v) is 4.52. The van der Waals surface area contributed by atoms with Gasteiger partial charge in [0.1, 0.15) is 11.3 Å². The molecule has 1 fully saturated rings. The molecular formula is C14H23ClN2O5S. The number of ether oxygens (including phenoxy) is 1. The Labute approximate surface area is 142 Å². The van der Waals surface area contributed by atoms with Gasteiger partial charge in [0, 0.05) is 24.7 Å². The van der Waals surface area contributed by atoms with E-state index in [1.165, 1.54) is 24.4 Å². The quantitative estimate of drug-likeness (QED) is 0.813. The predicted molar refractivity (Wildman–Crippen MR) is 87.2 cm³/mol. The Hall–Kier alpha value is -1.09. The Bertz CT molecular complexity index is 656. The van der Waals surface area contributed by atoms with Gasteiger partial charge >= 0.3 is 5.97 Å². The van der Waals surface area contributed by atoms with Gasteiger partial charge in [-0.15, -0.1) is 12.4 Å². The fourth-order valence-electron chi connectivity index (χ4n) is 2.76. The van der Waals surface area contributed by atoms with E-state index < -0.39 is 16.0 Å². The number of nitrogens with two attached hydrogens (primary N) is 1. The third-order valence-corrected chi connectivity index (χ3v) is 5.75. The van der Waals surface area contributed by atoms with Crippen LogP contribution in [0.25, 0.3) is 0 Å². The van der Waals surface area contributed by atoms with Crippen molar-refractivity contribution in [2.24, 2.45) is 5.73 Å². The number of hydrogen-bond donors (Lipinski definition) is 1. The lowest BCUT2D eigenvalue weighted by molar-refractivity contribution is 0.0598. The minimum Gasteiger partial charge on any atom is -0.465 e. The van der Waals surface area contributed by atoms with Crippen LogP contribution in [0.4, 0.5) is 0 Å². The van der Waals surface area contributed by atoms with Crippen LogP contribution in [0.5, 0.6) is 0 Å². The van der Waals surface area contributed by atoms with E-state index in [2.05, 4.69) is 4.74 Å². The molecular weight excluding hydrogens is 344 g/mol. The van der Waals surface area contributed by atoms with Gasteiger partial charge in [0.25, 0.3) is 10.0 Å². The number of hydrogen-bond acceptors (Lipinski definition) is 6. The SMILES string of the molecule is COC(=O)c1cc(S(=O)(=O)N2CCCCC2C(C)N)oc1C.Cl. The molecule has 2 heterocycles. The first kappa shape index (κ1) is 20.0. The molecule has 1 saturated heterocycles. The highest BCUT2D eigenvalue weighted by Crippen LogP contribution is 2.29. The number of rotatable bonds is 4. The lowest BCUT2D eigenvalue weighted by Gasteiger charge is -2.36. The zero-order valence-electron chi connectivity index (χ0n) is 13.4. The second-order valence-electron chi connectivity index (χ2n) is 5.56. The second-order valence-corrected chi connectivity index (χ2v) is 7.39. The van der Waals surface area contributed by atoms with Crippen LogP contribution in [-0.2, 0) is 14.8 Å². The number of carbonyl (C=O) groups is 1. The normalized spacial score (nSPS) is 20.6. The zero-order chi connectivity index (χ0) is 16.5. The van der Waals surface area contributed by atoms with Gasteiger partial charge in [-0.05, 0) is 26.7 Å². The highest BCUT2D eigenvalue weighted by atomic mass is 35.5. The highest BCUT2D eigenvalue weighted by molar-refractivity contribution is 7.89. The van der Waals surface area contributed by atoms with E-state index in [-0.39, 0.29) is 40.9 Å². The molecule has 23 heavy (non-hydrogen) atoms. The van der Waals surface area contributed by atoms with Gasteiger partial charge in [0.05, 0.1) is 7.11 Å². The van der Waals surface area contributed by atoms with Gasteiger partial charge in [-0.3, -0.25) is 0 Å². The van der Waals surface area contributed by atoms with E-state index in [9.17, 15) is 13.2 Å². The number of halogens is 1. The van der Waals surface area contributed by atoms with Crippen LogP contribution in [-0.4, -0.2) is 44.4 Å². The number of furan rings is 1. The molecule has 1 aliphatic rings. The van der Waals surface area contributed by atoms with Crippen molar-refractivity contribution in [1.29, 1.82) is 0 Å². The van der Waals surface area contributed by atoms with Gasteiger partial charge in [-0.1, -0.05) is 6.42 Å². The van der Waals surface area contributed by atoms with E-state index in [0.29, 0.717) is 6.54 Å². The summed E-state index contributed by atoms with van der Waals surface area (Å²) in [5.41, 5.74) is 6.05. The fraction of sp³-hybridized carbons (Fsp3) is 0.643. The molecule has 2 N–H and O–H groups in total. The molecule has 0 spiro atoms. The highest BCUT2D eigenvalue weighted by Gasteiger charge is 2.38. The van der Waals surface area contributed by atoms with Crippen LogP contribution in [0.2, 0.25) is 0 Å². The predicted octanol–water partition coefficient (Wildman–Crippen LogP) is 1.69. The van der Waals surface area contributed by atoms with Crippen LogP contribution in [0.1, 0.15) is 42.3 Å². The first-order valence-corrected chi connectivity index (χ1v) is 8.69. The number of esters is 1. The molecule has 0 saturated carbocycles. The second kappa shape index (κ2) is 7.65. The maximum Gasteiger partial charge on any atom is 0.341 e. The Morgan fingerprint density at radius 3 is 2.70 bits per heavy atom. The van der Waals surface area contributed by atoms with Crippen molar-refractivity contribution in [3.8, 4) is 0 Å². The number of nitrogens with zero attached hydrogens (tertiary/aromatic N) is 1. The van der Waals surface area contributed by atoms with Crippen molar-refractivity contribution in [3.63, 3.8) is 0 Å². The maximum absolute atomic E-state index is 12.8. The molecule has 7 nitrogen and oxygen atoms in total. The van der Waals surface area contributed by atoms with Gasteiger partial charge in [-0.25, -0.2) is 13.2 Å². The number of aryl methyl sites for hydroxylation is 1. The van der Waals surface area contributed by atoms with E-state index in [4.69, 9.17) is 10.2 Å². The molecule has 0 bridgehead atoms. The van der Waals surface area contributed by atoms with Crippen LogP contribution in [0.15, 0.2) is 15.6 Å². The Morgan fingerprint density at radius 1 is 1.48 bits per heavy atom. The Balaban J connectivity index is 0.00000264. The monoisotopic (exact) mass is 366 g/mol. The maximum atomic E-state index is 12.8. The number of methoxy groups -OCH3 is 1. The van der Waals surface area contributed by atoms with Crippen LogP contribution in [0, 0.1) is 6.92 Å². The molecule has 0 aliphatic carbocycles. The van der Waals surface area contributed by atoms with Crippen molar-refractivity contribution in [1.82, 2.24) is 4.31 Å². The smallest absolute Gasteiger partial charge is 0.341 e. The molecule has 2 rings (SSSR count). The van der Waals surface area contributed by atoms with Crippen molar-refractivity contribution >= 4 is 28.4 Å². The number of carbonyl (C=O) groups excluding carboxylic acids is 1. The third-order valence-electron chi connectivity index (χ3n) is 3.97. The molecule has 0 aromatic carbocycles. The Kier molecular flexibility index (Phi) is 6.64. The van der Waals surface area contributed by atoms with Crippen LogP contribution < -0.4 is 5.73 Å². The zero-order valence-corrected chi connectivity index (χ0v) is 15.1. The Morgan fingerprint density at radius 2 is 2.13 bits per heavy atom. The standard InChI is InChI=1S/C14H22N2O5S.ClH/c1-9(15)12-6-4-5-7-16(12)22(18,19)13-8-11(10(2)21-13)14(17)20-3;/h8-9,12H,4-7,15H2,1-3H3;1H. The summed E-state index contributed by atoms with van der Waals surface area (Å²) in [4.78, 5) is 11.6. The summed E-state index contributed by atoms with van der Waals surface area (Å²) < 4.78 is 36.9. The molecule has 132 valence electrons. The number of sulfonamides is 1. The summed E-state index contributed by atoms with van der Waals surface area (Å²) in [6.45, 7) is 3.73. The summed E-state index contributed by atoms with van der Waals surface area (Å²) in [6, 6.07) is 0.695. The van der Waals surface area contributed by atoms with Gasteiger partial charge < -0.3 is 14.9 Å². The number of piperidine rings is 1.